The predicted octanol–water partition coefficient (Wildman–Crippen LogP) is 3.14. The van der Waals surface area contributed by atoms with Gasteiger partial charge in [0.05, 0.1) is 5.60 Å². The smallest absolute Gasteiger partial charge is 0.254 e. The minimum Gasteiger partial charge on any atom is -0.390 e. The molecule has 1 N–H and O–H groups in total. The van der Waals surface area contributed by atoms with Gasteiger partial charge in [0.2, 0.25) is 0 Å². The summed E-state index contributed by atoms with van der Waals surface area (Å²) in [5.41, 5.74) is 2.38. The second-order valence-corrected chi connectivity index (χ2v) is 5.45. The molecule has 1 amide bonds. The Morgan fingerprint density at radius 1 is 1.32 bits per heavy atom. The maximum atomic E-state index is 12.1. The first-order valence-corrected chi connectivity index (χ1v) is 6.98. The van der Waals surface area contributed by atoms with Gasteiger partial charge in [-0.2, -0.15) is 0 Å². The van der Waals surface area contributed by atoms with Crippen LogP contribution in [0.25, 0.3) is 0 Å². The third-order valence-corrected chi connectivity index (χ3v) is 3.13. The fourth-order valence-corrected chi connectivity index (χ4v) is 2.10. The first kappa shape index (κ1) is 15.7. The molecule has 1 aliphatic rings. The number of aryl methyl sites for hydroxylation is 1. The van der Waals surface area contributed by atoms with Gasteiger partial charge >= 0.3 is 0 Å². The average Bonchev–Trinajstić information content (AvgIpc) is 2.65. The third-order valence-electron chi connectivity index (χ3n) is 3.13. The summed E-state index contributed by atoms with van der Waals surface area (Å²) in [6, 6.07) is 5.94. The van der Waals surface area contributed by atoms with Crippen molar-refractivity contribution >= 4 is 5.91 Å². The van der Waals surface area contributed by atoms with Crippen molar-refractivity contribution in [2.75, 3.05) is 6.54 Å². The molecule has 3 nitrogen and oxygen atoms in total. The van der Waals surface area contributed by atoms with Crippen LogP contribution in [-0.2, 0) is 6.54 Å². The lowest BCUT2D eigenvalue weighted by Crippen LogP contribution is -2.31. The number of hydrogen-bond donors (Lipinski definition) is 1. The summed E-state index contributed by atoms with van der Waals surface area (Å²) in [6.45, 7) is 10.8. The molecule has 0 aromatic heterocycles. The lowest BCUT2D eigenvalue weighted by molar-refractivity contribution is 0.0517. The van der Waals surface area contributed by atoms with Crippen LogP contribution in [0, 0.1) is 6.92 Å². The highest BCUT2D eigenvalue weighted by atomic mass is 16.3. The summed E-state index contributed by atoms with van der Waals surface area (Å²) >= 11 is 0. The van der Waals surface area contributed by atoms with E-state index in [0.717, 1.165) is 11.1 Å². The van der Waals surface area contributed by atoms with E-state index in [0.29, 0.717) is 19.5 Å². The minimum atomic E-state index is -0.717. The fraction of sp³-hybridized carbons (Fsp3) is 0.562. The first-order chi connectivity index (χ1) is 8.87. The third kappa shape index (κ3) is 4.06. The Morgan fingerprint density at radius 2 is 1.95 bits per heavy atom. The Kier molecular flexibility index (Phi) is 5.12. The summed E-state index contributed by atoms with van der Waals surface area (Å²) in [6.07, 6.45) is 0.603. The maximum absolute atomic E-state index is 12.1. The molecule has 0 radical (unpaired) electrons. The lowest BCUT2D eigenvalue weighted by atomic mass is 10.1. The van der Waals surface area contributed by atoms with Gasteiger partial charge < -0.3 is 10.0 Å². The SMILES string of the molecule is CC.Cc1ccc2c(c1)CN(CCC(C)(C)O)C2=O. The van der Waals surface area contributed by atoms with Gasteiger partial charge in [0.1, 0.15) is 0 Å². The molecule has 0 saturated heterocycles. The lowest BCUT2D eigenvalue weighted by Gasteiger charge is -2.22. The quantitative estimate of drug-likeness (QED) is 0.910. The van der Waals surface area contributed by atoms with E-state index in [1.54, 1.807) is 13.8 Å². The Balaban J connectivity index is 0.000000861. The van der Waals surface area contributed by atoms with Crippen molar-refractivity contribution in [3.8, 4) is 0 Å². The molecule has 2 rings (SSSR count). The van der Waals surface area contributed by atoms with Crippen molar-refractivity contribution in [3.05, 3.63) is 34.9 Å². The summed E-state index contributed by atoms with van der Waals surface area (Å²) in [7, 11) is 0. The summed E-state index contributed by atoms with van der Waals surface area (Å²) in [5.74, 6) is 0.0873. The Morgan fingerprint density at radius 3 is 2.53 bits per heavy atom. The van der Waals surface area contributed by atoms with Crippen LogP contribution in [0.15, 0.2) is 18.2 Å². The van der Waals surface area contributed by atoms with Crippen LogP contribution in [0.1, 0.15) is 55.6 Å². The number of nitrogens with zero attached hydrogens (tertiary/aromatic N) is 1. The van der Waals surface area contributed by atoms with Crippen LogP contribution in [-0.4, -0.2) is 28.1 Å². The molecule has 19 heavy (non-hydrogen) atoms. The largest absolute Gasteiger partial charge is 0.390 e. The van der Waals surface area contributed by atoms with Crippen molar-refractivity contribution in [1.29, 1.82) is 0 Å². The zero-order chi connectivity index (χ0) is 14.6. The van der Waals surface area contributed by atoms with Gasteiger partial charge in [-0.25, -0.2) is 0 Å². The van der Waals surface area contributed by atoms with Crippen LogP contribution in [0.4, 0.5) is 0 Å². The Hall–Kier alpha value is -1.35. The van der Waals surface area contributed by atoms with E-state index < -0.39 is 5.60 Å². The van der Waals surface area contributed by atoms with E-state index in [9.17, 15) is 9.90 Å². The molecule has 106 valence electrons. The summed E-state index contributed by atoms with van der Waals surface area (Å²) in [4.78, 5) is 13.9. The second kappa shape index (κ2) is 6.20. The molecule has 0 unspecified atom stereocenters. The monoisotopic (exact) mass is 263 g/mol. The molecule has 0 fully saturated rings. The van der Waals surface area contributed by atoms with Gasteiger partial charge in [0.15, 0.2) is 0 Å². The number of carbonyl (C=O) groups excluding carboxylic acids is 1. The van der Waals surface area contributed by atoms with Gasteiger partial charge in [-0.05, 0) is 38.8 Å². The topological polar surface area (TPSA) is 40.5 Å². The molecule has 0 spiro atoms. The zero-order valence-corrected chi connectivity index (χ0v) is 12.7. The number of aliphatic hydroxyl groups is 1. The molecule has 0 atom stereocenters. The van der Waals surface area contributed by atoms with E-state index in [1.165, 1.54) is 5.56 Å². The predicted molar refractivity (Wildman–Crippen MR) is 78.2 cm³/mol. The van der Waals surface area contributed by atoms with E-state index in [1.807, 2.05) is 37.8 Å². The Labute approximate surface area is 116 Å². The summed E-state index contributed by atoms with van der Waals surface area (Å²) in [5, 5.41) is 9.69. The van der Waals surface area contributed by atoms with Gasteiger partial charge in [0.25, 0.3) is 5.91 Å². The van der Waals surface area contributed by atoms with Gasteiger partial charge in [0, 0.05) is 18.7 Å². The van der Waals surface area contributed by atoms with Crippen molar-refractivity contribution in [2.45, 2.75) is 53.2 Å². The van der Waals surface area contributed by atoms with Crippen LogP contribution < -0.4 is 0 Å². The highest BCUT2D eigenvalue weighted by molar-refractivity contribution is 5.98. The van der Waals surface area contributed by atoms with Crippen LogP contribution in [0.2, 0.25) is 0 Å². The van der Waals surface area contributed by atoms with Gasteiger partial charge in [-0.15, -0.1) is 0 Å². The Bertz CT molecular complexity index is 447. The fourth-order valence-electron chi connectivity index (χ4n) is 2.10. The van der Waals surface area contributed by atoms with Crippen molar-refractivity contribution < 1.29 is 9.90 Å². The molecule has 3 heteroatoms. The standard InChI is InChI=1S/C14H19NO2.C2H6/c1-10-4-5-12-11(8-10)9-15(13(12)16)7-6-14(2,3)17;1-2/h4-5,8,17H,6-7,9H2,1-3H3;1-2H3. The molecule has 1 aromatic carbocycles. The highest BCUT2D eigenvalue weighted by Crippen LogP contribution is 2.24. The number of hydrogen-bond acceptors (Lipinski definition) is 2. The molecular weight excluding hydrogens is 238 g/mol. The van der Waals surface area contributed by atoms with Crippen molar-refractivity contribution in [3.63, 3.8) is 0 Å². The minimum absolute atomic E-state index is 0.0873. The molecule has 1 aromatic rings. The van der Waals surface area contributed by atoms with Gasteiger partial charge in [-0.3, -0.25) is 4.79 Å². The van der Waals surface area contributed by atoms with E-state index in [4.69, 9.17) is 0 Å². The molecule has 1 aliphatic heterocycles. The van der Waals surface area contributed by atoms with E-state index in [-0.39, 0.29) is 5.91 Å². The molecular formula is C16H25NO2. The normalized spacial score (nSPS) is 14.0. The van der Waals surface area contributed by atoms with Crippen LogP contribution in [0.3, 0.4) is 0 Å². The average molecular weight is 263 g/mol. The number of benzene rings is 1. The van der Waals surface area contributed by atoms with E-state index >= 15 is 0 Å². The molecule has 0 bridgehead atoms. The zero-order valence-electron chi connectivity index (χ0n) is 12.7. The van der Waals surface area contributed by atoms with Crippen LogP contribution in [0.5, 0.6) is 0 Å². The first-order valence-electron chi connectivity index (χ1n) is 6.98. The molecule has 1 heterocycles. The highest BCUT2D eigenvalue weighted by Gasteiger charge is 2.28. The second-order valence-electron chi connectivity index (χ2n) is 5.45. The van der Waals surface area contributed by atoms with Crippen LogP contribution >= 0.6 is 0 Å². The number of rotatable bonds is 3. The summed E-state index contributed by atoms with van der Waals surface area (Å²) < 4.78 is 0. The number of amides is 1. The van der Waals surface area contributed by atoms with Crippen molar-refractivity contribution in [1.82, 2.24) is 4.90 Å². The number of carbonyl (C=O) groups is 1. The molecule has 0 aliphatic carbocycles. The maximum Gasteiger partial charge on any atom is 0.254 e. The van der Waals surface area contributed by atoms with E-state index in [2.05, 4.69) is 6.07 Å². The number of fused-ring (bicyclic) bond motifs is 1. The van der Waals surface area contributed by atoms with Gasteiger partial charge in [-0.1, -0.05) is 31.5 Å². The molecule has 0 saturated carbocycles. The van der Waals surface area contributed by atoms with Crippen molar-refractivity contribution in [2.24, 2.45) is 0 Å².